The summed E-state index contributed by atoms with van der Waals surface area (Å²) in [4.78, 5) is 22.2. The number of ether oxygens (including phenoxy) is 1. The summed E-state index contributed by atoms with van der Waals surface area (Å²) in [5.41, 5.74) is 8.05. The van der Waals surface area contributed by atoms with Crippen LogP contribution in [-0.2, 0) is 0 Å². The molecule has 0 unspecified atom stereocenters. The molecule has 0 aliphatic heterocycles. The Morgan fingerprint density at radius 1 is 0.579 bits per heavy atom. The van der Waals surface area contributed by atoms with Crippen molar-refractivity contribution >= 4 is 43.9 Å². The predicted molar refractivity (Wildman–Crippen MR) is 161 cm³/mol. The number of rotatable bonds is 5. The molecular formula is C33H29N3OSn. The molecule has 0 fully saturated rings. The number of benzene rings is 3. The minimum atomic E-state index is -2.18. The molecule has 0 amide bonds. The molecule has 0 aliphatic carbocycles. The minimum Gasteiger partial charge on any atom is -0.0491 e. The van der Waals surface area contributed by atoms with Crippen LogP contribution < -0.4 is 8.45 Å². The Kier molecular flexibility index (Phi) is 6.36. The monoisotopic (exact) mass is 603 g/mol. The fourth-order valence-electron chi connectivity index (χ4n) is 4.72. The van der Waals surface area contributed by atoms with E-state index in [1.807, 2.05) is 30.5 Å². The molecule has 0 N–H and O–H groups in total. The van der Waals surface area contributed by atoms with Crippen molar-refractivity contribution in [1.82, 2.24) is 15.0 Å². The number of nitrogens with zero attached hydrogens (tertiary/aromatic N) is 3. The van der Waals surface area contributed by atoms with Crippen LogP contribution in [0.2, 0.25) is 14.8 Å². The molecule has 0 atom stereocenters. The van der Waals surface area contributed by atoms with Gasteiger partial charge in [-0.3, -0.25) is 0 Å². The van der Waals surface area contributed by atoms with Crippen molar-refractivity contribution in [1.29, 1.82) is 0 Å². The number of aromatic nitrogens is 3. The van der Waals surface area contributed by atoms with Crippen LogP contribution in [0.4, 0.5) is 0 Å². The third-order valence-corrected chi connectivity index (χ3v) is 12.2. The molecule has 3 heterocycles. The van der Waals surface area contributed by atoms with Crippen LogP contribution in [0.5, 0.6) is 5.75 Å². The van der Waals surface area contributed by atoms with Gasteiger partial charge in [-0.1, -0.05) is 12.1 Å². The zero-order valence-electron chi connectivity index (χ0n) is 22.1. The fraction of sp³-hybridized carbons (Fsp3) is 0.121. The van der Waals surface area contributed by atoms with Gasteiger partial charge in [0.2, 0.25) is 0 Å². The summed E-state index contributed by atoms with van der Waals surface area (Å²) in [6.45, 7) is 0. The van der Waals surface area contributed by atoms with E-state index in [1.165, 1.54) is 3.71 Å². The standard InChI is InChI=1S/C30H20N3O.3CH3.Sn/c1-34-26-13-9-20(10-14-26)27-15-11-21-7-8-22-12-16-28(33-30(22)29(21)32-27)24-5-2-4-23(18-24)25-6-3-17-31-19-25;;;;/h2-16,18-19H,1H3;3*1H3;. The molecule has 0 aliphatic rings. The number of fused-ring (bicyclic) bond motifs is 3. The molecule has 0 radical (unpaired) electrons. The molecule has 5 heteroatoms. The fourth-order valence-corrected chi connectivity index (χ4v) is 7.67. The number of pyridine rings is 3. The Morgan fingerprint density at radius 2 is 1.16 bits per heavy atom. The summed E-state index contributed by atoms with van der Waals surface area (Å²) in [5.74, 6) is 0.831. The van der Waals surface area contributed by atoms with Crippen LogP contribution in [0.25, 0.3) is 55.4 Å². The van der Waals surface area contributed by atoms with Gasteiger partial charge in [-0.15, -0.1) is 0 Å². The topological polar surface area (TPSA) is 47.9 Å². The molecular weight excluding hydrogens is 573 g/mol. The van der Waals surface area contributed by atoms with Gasteiger partial charge in [0, 0.05) is 5.56 Å². The van der Waals surface area contributed by atoms with E-state index in [2.05, 4.69) is 87.6 Å². The van der Waals surface area contributed by atoms with Crippen LogP contribution in [-0.4, -0.2) is 40.4 Å². The van der Waals surface area contributed by atoms with Gasteiger partial charge in [0.15, 0.2) is 0 Å². The molecule has 6 aromatic rings. The quantitative estimate of drug-likeness (QED) is 0.150. The van der Waals surface area contributed by atoms with E-state index < -0.39 is 18.4 Å². The minimum absolute atomic E-state index is 0.831. The Balaban J connectivity index is 1.42. The van der Waals surface area contributed by atoms with Gasteiger partial charge in [-0.2, -0.15) is 0 Å². The Morgan fingerprint density at radius 3 is 1.74 bits per heavy atom. The summed E-state index contributed by atoms with van der Waals surface area (Å²) >= 11 is -2.18. The second-order valence-corrected chi connectivity index (χ2v) is 24.9. The van der Waals surface area contributed by atoms with Crippen LogP contribution >= 0.6 is 0 Å². The average molecular weight is 602 g/mol. The van der Waals surface area contributed by atoms with E-state index in [-0.39, 0.29) is 0 Å². The van der Waals surface area contributed by atoms with Gasteiger partial charge < -0.3 is 4.74 Å². The van der Waals surface area contributed by atoms with E-state index in [1.54, 1.807) is 7.11 Å². The number of hydrogen-bond donors (Lipinski definition) is 0. The molecule has 3 aromatic heterocycles. The second-order valence-electron chi connectivity index (χ2n) is 10.6. The first-order chi connectivity index (χ1) is 18.4. The van der Waals surface area contributed by atoms with Crippen LogP contribution in [0.1, 0.15) is 0 Å². The molecule has 0 bridgehead atoms. The Bertz CT molecular complexity index is 1770. The van der Waals surface area contributed by atoms with Crippen molar-refractivity contribution in [2.75, 3.05) is 7.11 Å². The molecule has 4 nitrogen and oxygen atoms in total. The van der Waals surface area contributed by atoms with Crippen molar-refractivity contribution in [3.63, 3.8) is 0 Å². The molecule has 186 valence electrons. The maximum absolute atomic E-state index is 5.31. The zero-order valence-corrected chi connectivity index (χ0v) is 24.9. The van der Waals surface area contributed by atoms with Crippen LogP contribution in [0, 0.1) is 0 Å². The van der Waals surface area contributed by atoms with Crippen molar-refractivity contribution in [2.24, 2.45) is 0 Å². The van der Waals surface area contributed by atoms with E-state index in [4.69, 9.17) is 19.7 Å². The number of hydrogen-bond acceptors (Lipinski definition) is 4. The molecule has 0 saturated carbocycles. The summed E-state index contributed by atoms with van der Waals surface area (Å²) in [7, 11) is 1.68. The van der Waals surface area contributed by atoms with Gasteiger partial charge in [-0.05, 0) is 30.3 Å². The van der Waals surface area contributed by atoms with Crippen LogP contribution in [0.15, 0.2) is 103 Å². The molecule has 6 rings (SSSR count). The SMILES string of the molecule is COc1ccc(-c2ccc3ccc4ccc(-c5cccc(-c6cc[c]([Sn]([CH3])([CH3])[CH3])nc6)c5)nc4c3n2)cc1. The van der Waals surface area contributed by atoms with Crippen LogP contribution in [0.3, 0.4) is 0 Å². The first kappa shape index (κ1) is 24.6. The van der Waals surface area contributed by atoms with E-state index >= 15 is 0 Å². The van der Waals surface area contributed by atoms with E-state index in [0.29, 0.717) is 0 Å². The third-order valence-electron chi connectivity index (χ3n) is 6.93. The maximum atomic E-state index is 5.31. The smallest absolute Gasteiger partial charge is 0.0491 e. The molecule has 0 spiro atoms. The first-order valence-electron chi connectivity index (χ1n) is 12.8. The van der Waals surface area contributed by atoms with E-state index in [0.717, 1.165) is 61.2 Å². The predicted octanol–water partition coefficient (Wildman–Crippen LogP) is 7.73. The van der Waals surface area contributed by atoms with Crippen molar-refractivity contribution < 1.29 is 4.74 Å². The van der Waals surface area contributed by atoms with Gasteiger partial charge in [0.1, 0.15) is 5.75 Å². The summed E-state index contributed by atoms with van der Waals surface area (Å²) < 4.78 is 6.61. The molecule has 38 heavy (non-hydrogen) atoms. The molecule has 3 aromatic carbocycles. The van der Waals surface area contributed by atoms with Gasteiger partial charge in [-0.25, -0.2) is 0 Å². The van der Waals surface area contributed by atoms with Gasteiger partial charge in [0.25, 0.3) is 0 Å². The summed E-state index contributed by atoms with van der Waals surface area (Å²) in [6.07, 6.45) is 2.02. The normalized spacial score (nSPS) is 11.7. The third kappa shape index (κ3) is 4.76. The second kappa shape index (κ2) is 9.84. The number of methoxy groups -OCH3 is 1. The molecule has 0 saturated heterocycles. The van der Waals surface area contributed by atoms with E-state index in [9.17, 15) is 0 Å². The van der Waals surface area contributed by atoms with Gasteiger partial charge >= 0.3 is 157 Å². The average Bonchev–Trinajstić information content (AvgIpc) is 2.96. The Labute approximate surface area is 227 Å². The van der Waals surface area contributed by atoms with Crippen molar-refractivity contribution in [2.45, 2.75) is 14.8 Å². The Hall–Kier alpha value is -3.77. The van der Waals surface area contributed by atoms with Crippen molar-refractivity contribution in [3.8, 4) is 39.4 Å². The first-order valence-corrected chi connectivity index (χ1v) is 22.8. The van der Waals surface area contributed by atoms with Gasteiger partial charge in [0.05, 0.1) is 12.8 Å². The summed E-state index contributed by atoms with van der Waals surface area (Å²) in [6, 6.07) is 33.6. The zero-order chi connectivity index (χ0) is 26.3. The van der Waals surface area contributed by atoms with Crippen molar-refractivity contribution in [3.05, 3.63) is 103 Å². The summed E-state index contributed by atoms with van der Waals surface area (Å²) in [5, 5.41) is 2.15.